The van der Waals surface area contributed by atoms with Crippen molar-refractivity contribution in [3.8, 4) is 0 Å². The van der Waals surface area contributed by atoms with Crippen LogP contribution in [0.3, 0.4) is 0 Å². The summed E-state index contributed by atoms with van der Waals surface area (Å²) in [6.07, 6.45) is 2.63. The molecule has 1 N–H and O–H groups in total. The van der Waals surface area contributed by atoms with Gasteiger partial charge >= 0.3 is 0 Å². The van der Waals surface area contributed by atoms with Crippen molar-refractivity contribution in [2.45, 2.75) is 25.8 Å². The number of likely N-dealkylation sites (N-methyl/N-ethyl adjacent to an activating group) is 1. The Kier molecular flexibility index (Phi) is 5.89. The van der Waals surface area contributed by atoms with Crippen molar-refractivity contribution in [2.24, 2.45) is 0 Å². The highest BCUT2D eigenvalue weighted by atomic mass is 15.3. The van der Waals surface area contributed by atoms with Crippen molar-refractivity contribution in [3.05, 3.63) is 0 Å². The van der Waals surface area contributed by atoms with Gasteiger partial charge in [0.1, 0.15) is 0 Å². The van der Waals surface area contributed by atoms with Crippen molar-refractivity contribution in [2.75, 3.05) is 66.0 Å². The molecule has 2 aliphatic heterocycles. The molecule has 0 amide bonds. The van der Waals surface area contributed by atoms with Crippen LogP contribution in [0.15, 0.2) is 0 Å². The quantitative estimate of drug-likeness (QED) is 0.782. The van der Waals surface area contributed by atoms with E-state index in [1.54, 1.807) is 0 Å². The summed E-state index contributed by atoms with van der Waals surface area (Å²) < 4.78 is 0. The molecule has 2 heterocycles. The minimum atomic E-state index is 0.711. The van der Waals surface area contributed by atoms with Crippen molar-refractivity contribution < 1.29 is 0 Å². The standard InChI is InChI=1S/C14H30N4/c1-14-13-16(2)7-4-9-18(14)12-11-17-8-3-5-15-6-10-17/h14-15H,3-13H2,1-2H3. The number of hydrogen-bond acceptors (Lipinski definition) is 4. The third-order valence-corrected chi connectivity index (χ3v) is 4.32. The molecular formula is C14H30N4. The second kappa shape index (κ2) is 7.43. The van der Waals surface area contributed by atoms with Gasteiger partial charge in [0.2, 0.25) is 0 Å². The average molecular weight is 254 g/mol. The summed E-state index contributed by atoms with van der Waals surface area (Å²) >= 11 is 0. The zero-order chi connectivity index (χ0) is 12.8. The predicted molar refractivity (Wildman–Crippen MR) is 77.1 cm³/mol. The molecule has 0 saturated carbocycles. The molecule has 2 aliphatic rings. The van der Waals surface area contributed by atoms with Gasteiger partial charge in [0.25, 0.3) is 0 Å². The maximum atomic E-state index is 3.48. The van der Waals surface area contributed by atoms with Crippen LogP contribution in [0, 0.1) is 0 Å². The molecule has 0 spiro atoms. The van der Waals surface area contributed by atoms with Crippen molar-refractivity contribution in [3.63, 3.8) is 0 Å². The van der Waals surface area contributed by atoms with Gasteiger partial charge in [-0.1, -0.05) is 0 Å². The molecule has 106 valence electrons. The van der Waals surface area contributed by atoms with E-state index in [0.29, 0.717) is 6.04 Å². The second-order valence-electron chi connectivity index (χ2n) is 5.95. The van der Waals surface area contributed by atoms with E-state index in [2.05, 4.69) is 34.0 Å². The molecule has 2 saturated heterocycles. The summed E-state index contributed by atoms with van der Waals surface area (Å²) in [6, 6.07) is 0.711. The number of hydrogen-bond donors (Lipinski definition) is 1. The number of nitrogens with one attached hydrogen (secondary N) is 1. The highest BCUT2D eigenvalue weighted by Gasteiger charge is 2.20. The van der Waals surface area contributed by atoms with Crippen molar-refractivity contribution >= 4 is 0 Å². The first-order chi connectivity index (χ1) is 8.75. The van der Waals surface area contributed by atoms with Gasteiger partial charge in [-0.05, 0) is 53.0 Å². The van der Waals surface area contributed by atoms with Gasteiger partial charge < -0.3 is 15.1 Å². The molecule has 0 bridgehead atoms. The van der Waals surface area contributed by atoms with Gasteiger partial charge in [-0.25, -0.2) is 0 Å². The van der Waals surface area contributed by atoms with Crippen LogP contribution in [0.4, 0.5) is 0 Å². The first-order valence-corrected chi connectivity index (χ1v) is 7.61. The first-order valence-electron chi connectivity index (χ1n) is 7.61. The monoisotopic (exact) mass is 254 g/mol. The zero-order valence-electron chi connectivity index (χ0n) is 12.2. The Hall–Kier alpha value is -0.160. The summed E-state index contributed by atoms with van der Waals surface area (Å²) in [5, 5.41) is 3.48. The topological polar surface area (TPSA) is 21.8 Å². The smallest absolute Gasteiger partial charge is 0.0195 e. The fraction of sp³-hybridized carbons (Fsp3) is 1.00. The molecule has 0 aromatic carbocycles. The normalized spacial score (nSPS) is 30.0. The molecular weight excluding hydrogens is 224 g/mol. The van der Waals surface area contributed by atoms with Gasteiger partial charge in [0, 0.05) is 38.8 Å². The van der Waals surface area contributed by atoms with Crippen molar-refractivity contribution in [1.82, 2.24) is 20.0 Å². The minimum Gasteiger partial charge on any atom is -0.315 e. The summed E-state index contributed by atoms with van der Waals surface area (Å²) in [5.41, 5.74) is 0. The third kappa shape index (κ3) is 4.50. The fourth-order valence-corrected chi connectivity index (χ4v) is 3.15. The van der Waals surface area contributed by atoms with Gasteiger partial charge in [-0.3, -0.25) is 4.90 Å². The summed E-state index contributed by atoms with van der Waals surface area (Å²) in [7, 11) is 2.25. The Morgan fingerprint density at radius 1 is 1.00 bits per heavy atom. The molecule has 18 heavy (non-hydrogen) atoms. The van der Waals surface area contributed by atoms with E-state index in [1.807, 2.05) is 0 Å². The van der Waals surface area contributed by atoms with E-state index >= 15 is 0 Å². The first kappa shape index (κ1) is 14.3. The molecule has 2 fully saturated rings. The number of nitrogens with zero attached hydrogens (tertiary/aromatic N) is 3. The predicted octanol–water partition coefficient (Wildman–Crippen LogP) is 0.308. The molecule has 0 radical (unpaired) electrons. The number of rotatable bonds is 3. The molecule has 4 nitrogen and oxygen atoms in total. The van der Waals surface area contributed by atoms with Gasteiger partial charge in [0.05, 0.1) is 0 Å². The molecule has 2 rings (SSSR count). The Bertz CT molecular complexity index is 226. The van der Waals surface area contributed by atoms with Crippen LogP contribution in [-0.4, -0.2) is 86.7 Å². The van der Waals surface area contributed by atoms with Crippen LogP contribution in [0.1, 0.15) is 19.8 Å². The lowest BCUT2D eigenvalue weighted by molar-refractivity contribution is 0.169. The highest BCUT2D eigenvalue weighted by Crippen LogP contribution is 2.08. The van der Waals surface area contributed by atoms with Gasteiger partial charge in [0.15, 0.2) is 0 Å². The fourth-order valence-electron chi connectivity index (χ4n) is 3.15. The summed E-state index contributed by atoms with van der Waals surface area (Å²) in [5.74, 6) is 0. The molecule has 0 aromatic rings. The van der Waals surface area contributed by atoms with Crippen LogP contribution in [-0.2, 0) is 0 Å². The average Bonchev–Trinajstić information content (AvgIpc) is 2.68. The molecule has 1 unspecified atom stereocenters. The lowest BCUT2D eigenvalue weighted by Crippen LogP contribution is -2.43. The van der Waals surface area contributed by atoms with E-state index in [0.717, 1.165) is 6.54 Å². The van der Waals surface area contributed by atoms with Crippen LogP contribution >= 0.6 is 0 Å². The van der Waals surface area contributed by atoms with Crippen LogP contribution in [0.2, 0.25) is 0 Å². The second-order valence-corrected chi connectivity index (χ2v) is 5.95. The van der Waals surface area contributed by atoms with E-state index in [4.69, 9.17) is 0 Å². The van der Waals surface area contributed by atoms with E-state index in [1.165, 1.54) is 65.2 Å². The van der Waals surface area contributed by atoms with E-state index in [-0.39, 0.29) is 0 Å². The maximum Gasteiger partial charge on any atom is 0.0195 e. The third-order valence-electron chi connectivity index (χ3n) is 4.32. The zero-order valence-corrected chi connectivity index (χ0v) is 12.2. The summed E-state index contributed by atoms with van der Waals surface area (Å²) in [6.45, 7) is 13.5. The maximum absolute atomic E-state index is 3.48. The largest absolute Gasteiger partial charge is 0.315 e. The Labute approximate surface area is 112 Å². The van der Waals surface area contributed by atoms with Gasteiger partial charge in [-0.2, -0.15) is 0 Å². The summed E-state index contributed by atoms with van der Waals surface area (Å²) in [4.78, 5) is 7.78. The van der Waals surface area contributed by atoms with E-state index < -0.39 is 0 Å². The van der Waals surface area contributed by atoms with E-state index in [9.17, 15) is 0 Å². The van der Waals surface area contributed by atoms with Gasteiger partial charge in [-0.15, -0.1) is 0 Å². The lowest BCUT2D eigenvalue weighted by Gasteiger charge is -2.30. The van der Waals surface area contributed by atoms with Crippen LogP contribution in [0.5, 0.6) is 0 Å². The molecule has 0 aromatic heterocycles. The molecule has 1 atom stereocenters. The lowest BCUT2D eigenvalue weighted by atomic mass is 10.2. The Morgan fingerprint density at radius 2 is 1.89 bits per heavy atom. The minimum absolute atomic E-state index is 0.711. The van der Waals surface area contributed by atoms with Crippen LogP contribution in [0.25, 0.3) is 0 Å². The van der Waals surface area contributed by atoms with Crippen molar-refractivity contribution in [1.29, 1.82) is 0 Å². The SMILES string of the molecule is CC1CN(C)CCCN1CCN1CCCNCC1. The Morgan fingerprint density at radius 3 is 2.78 bits per heavy atom. The Balaban J connectivity index is 1.73. The highest BCUT2D eigenvalue weighted by molar-refractivity contribution is 4.77. The molecule has 4 heteroatoms. The van der Waals surface area contributed by atoms with Crippen LogP contribution < -0.4 is 5.32 Å². The molecule has 0 aliphatic carbocycles.